The van der Waals surface area contributed by atoms with E-state index in [-0.39, 0.29) is 5.91 Å². The number of benzene rings is 2. The first-order valence-corrected chi connectivity index (χ1v) is 7.65. The van der Waals surface area contributed by atoms with Gasteiger partial charge in [-0.3, -0.25) is 4.79 Å². The zero-order chi connectivity index (χ0) is 15.7. The third-order valence-electron chi connectivity index (χ3n) is 3.64. The van der Waals surface area contributed by atoms with Crippen LogP contribution >= 0.6 is 15.9 Å². The second kappa shape index (κ2) is 5.57. The van der Waals surface area contributed by atoms with Crippen LogP contribution in [0, 0.1) is 0 Å². The fourth-order valence-corrected chi connectivity index (χ4v) is 2.89. The molecule has 1 N–H and O–H groups in total. The molecule has 1 atom stereocenters. The highest BCUT2D eigenvalue weighted by Gasteiger charge is 2.42. The number of para-hydroxylation sites is 1. The van der Waals surface area contributed by atoms with E-state index in [9.17, 15) is 9.59 Å². The van der Waals surface area contributed by atoms with Crippen LogP contribution in [0.25, 0.3) is 0 Å². The van der Waals surface area contributed by atoms with Crippen molar-refractivity contribution < 1.29 is 14.3 Å². The van der Waals surface area contributed by atoms with Gasteiger partial charge in [-0.05, 0) is 42.8 Å². The highest BCUT2D eigenvalue weighted by atomic mass is 79.9. The molecule has 112 valence electrons. The Labute approximate surface area is 136 Å². The van der Waals surface area contributed by atoms with E-state index in [2.05, 4.69) is 21.2 Å². The predicted molar refractivity (Wildman–Crippen MR) is 86.7 cm³/mol. The van der Waals surface area contributed by atoms with Crippen LogP contribution in [0.15, 0.2) is 53.0 Å². The van der Waals surface area contributed by atoms with Gasteiger partial charge in [0.2, 0.25) is 0 Å². The Balaban J connectivity index is 1.87. The molecule has 0 fully saturated rings. The lowest BCUT2D eigenvalue weighted by molar-refractivity contribution is -0.134. The number of carbonyl (C=O) groups excluding carboxylic acids is 2. The highest BCUT2D eigenvalue weighted by Crippen LogP contribution is 2.31. The molecule has 0 spiro atoms. The number of amides is 1. The van der Waals surface area contributed by atoms with Crippen LogP contribution in [0.3, 0.4) is 0 Å². The van der Waals surface area contributed by atoms with Crippen LogP contribution in [0.1, 0.15) is 22.8 Å². The Kier molecular flexibility index (Phi) is 3.74. The highest BCUT2D eigenvalue weighted by molar-refractivity contribution is 9.10. The average Bonchev–Trinajstić information content (AvgIpc) is 2.47. The summed E-state index contributed by atoms with van der Waals surface area (Å²) in [5, 5.41) is 2.79. The number of carbonyl (C=O) groups is 2. The second-order valence-corrected chi connectivity index (χ2v) is 6.33. The molecule has 4 nitrogen and oxygen atoms in total. The number of hydrogen-bond acceptors (Lipinski definition) is 3. The van der Waals surface area contributed by atoms with Gasteiger partial charge in [-0.15, -0.1) is 0 Å². The number of fused-ring (bicyclic) bond motifs is 1. The van der Waals surface area contributed by atoms with Crippen molar-refractivity contribution in [2.24, 2.45) is 0 Å². The maximum atomic E-state index is 12.5. The van der Waals surface area contributed by atoms with Crippen molar-refractivity contribution in [3.63, 3.8) is 0 Å². The van der Waals surface area contributed by atoms with Crippen LogP contribution in [-0.2, 0) is 16.0 Å². The van der Waals surface area contributed by atoms with Gasteiger partial charge >= 0.3 is 5.97 Å². The van der Waals surface area contributed by atoms with Crippen LogP contribution in [-0.4, -0.2) is 17.5 Å². The normalized spacial score (nSPS) is 20.0. The fraction of sp³-hybridized carbons (Fsp3) is 0.176. The van der Waals surface area contributed by atoms with E-state index in [4.69, 9.17) is 4.74 Å². The molecular weight excluding hydrogens is 346 g/mol. The molecule has 0 aromatic heterocycles. The topological polar surface area (TPSA) is 55.4 Å². The summed E-state index contributed by atoms with van der Waals surface area (Å²) >= 11 is 3.39. The molecule has 1 unspecified atom stereocenters. The lowest BCUT2D eigenvalue weighted by Gasteiger charge is -2.33. The van der Waals surface area contributed by atoms with Crippen molar-refractivity contribution in [2.45, 2.75) is 18.9 Å². The molecule has 1 heterocycles. The second-order valence-electron chi connectivity index (χ2n) is 5.42. The maximum Gasteiger partial charge on any atom is 0.339 e. The van der Waals surface area contributed by atoms with E-state index < -0.39 is 11.6 Å². The zero-order valence-electron chi connectivity index (χ0n) is 11.9. The lowest BCUT2D eigenvalue weighted by Crippen LogP contribution is -2.48. The van der Waals surface area contributed by atoms with E-state index >= 15 is 0 Å². The Morgan fingerprint density at radius 3 is 2.68 bits per heavy atom. The Morgan fingerprint density at radius 2 is 1.95 bits per heavy atom. The molecule has 2 aromatic carbocycles. The SMILES string of the molecule is CC1(C(=O)Nc2ccccc2)Cc2cc(Br)ccc2C(=O)O1. The molecule has 1 aliphatic heterocycles. The third kappa shape index (κ3) is 2.76. The van der Waals surface area contributed by atoms with Crippen LogP contribution in [0.2, 0.25) is 0 Å². The number of cyclic esters (lactones) is 1. The van der Waals surface area contributed by atoms with Gasteiger partial charge in [0.1, 0.15) is 0 Å². The third-order valence-corrected chi connectivity index (χ3v) is 4.14. The summed E-state index contributed by atoms with van der Waals surface area (Å²) in [5.41, 5.74) is 0.759. The van der Waals surface area contributed by atoms with Gasteiger partial charge < -0.3 is 10.1 Å². The van der Waals surface area contributed by atoms with Gasteiger partial charge in [0, 0.05) is 16.6 Å². The summed E-state index contributed by atoms with van der Waals surface area (Å²) in [7, 11) is 0. The lowest BCUT2D eigenvalue weighted by atomic mass is 9.89. The summed E-state index contributed by atoms with van der Waals surface area (Å²) in [6.07, 6.45) is 0.339. The van der Waals surface area contributed by atoms with Crippen molar-refractivity contribution in [1.82, 2.24) is 0 Å². The molecule has 22 heavy (non-hydrogen) atoms. The molecule has 3 rings (SSSR count). The minimum absolute atomic E-state index is 0.335. The molecule has 1 aliphatic rings. The van der Waals surface area contributed by atoms with Crippen molar-refractivity contribution in [3.8, 4) is 0 Å². The summed E-state index contributed by atoms with van der Waals surface area (Å²) in [6.45, 7) is 1.63. The van der Waals surface area contributed by atoms with Crippen molar-refractivity contribution in [1.29, 1.82) is 0 Å². The van der Waals surface area contributed by atoms with Crippen molar-refractivity contribution in [3.05, 3.63) is 64.1 Å². The molecular formula is C17H14BrNO3. The number of nitrogens with one attached hydrogen (secondary N) is 1. The largest absolute Gasteiger partial charge is 0.445 e. The number of rotatable bonds is 2. The number of hydrogen-bond donors (Lipinski definition) is 1. The zero-order valence-corrected chi connectivity index (χ0v) is 13.5. The number of esters is 1. The molecule has 5 heteroatoms. The monoisotopic (exact) mass is 359 g/mol. The van der Waals surface area contributed by atoms with E-state index in [1.54, 1.807) is 31.2 Å². The number of anilines is 1. The molecule has 0 saturated heterocycles. The average molecular weight is 360 g/mol. The van der Waals surface area contributed by atoms with Gasteiger partial charge in [-0.25, -0.2) is 4.79 Å². The molecule has 0 aliphatic carbocycles. The Bertz CT molecular complexity index is 745. The summed E-state index contributed by atoms with van der Waals surface area (Å²) in [6, 6.07) is 14.4. The van der Waals surface area contributed by atoms with Gasteiger partial charge in [0.25, 0.3) is 5.91 Å². The molecule has 0 bridgehead atoms. The maximum absolute atomic E-state index is 12.5. The first kappa shape index (κ1) is 14.8. The summed E-state index contributed by atoms with van der Waals surface area (Å²) < 4.78 is 6.28. The summed E-state index contributed by atoms with van der Waals surface area (Å²) in [5.74, 6) is -0.808. The molecule has 1 amide bonds. The van der Waals surface area contributed by atoms with E-state index in [0.717, 1.165) is 10.0 Å². The molecule has 2 aromatic rings. The van der Waals surface area contributed by atoms with E-state index in [1.165, 1.54) is 0 Å². The standard InChI is InChI=1S/C17H14BrNO3/c1-17(16(21)19-13-5-3-2-4-6-13)10-11-9-12(18)7-8-14(11)15(20)22-17/h2-9H,10H2,1H3,(H,19,21). The molecule has 0 saturated carbocycles. The van der Waals surface area contributed by atoms with E-state index in [0.29, 0.717) is 17.7 Å². The van der Waals surface area contributed by atoms with Crippen molar-refractivity contribution in [2.75, 3.05) is 5.32 Å². The first-order valence-electron chi connectivity index (χ1n) is 6.86. The van der Waals surface area contributed by atoms with Crippen molar-refractivity contribution >= 4 is 33.5 Å². The smallest absolute Gasteiger partial charge is 0.339 e. The van der Waals surface area contributed by atoms with E-state index in [1.807, 2.05) is 24.3 Å². The van der Waals surface area contributed by atoms with Crippen LogP contribution in [0.5, 0.6) is 0 Å². The minimum Gasteiger partial charge on any atom is -0.445 e. The quantitative estimate of drug-likeness (QED) is 0.834. The molecule has 0 radical (unpaired) electrons. The number of halogens is 1. The van der Waals surface area contributed by atoms with Gasteiger partial charge in [-0.2, -0.15) is 0 Å². The first-order chi connectivity index (χ1) is 10.5. The summed E-state index contributed by atoms with van der Waals surface area (Å²) in [4.78, 5) is 24.7. The van der Waals surface area contributed by atoms with Crippen LogP contribution in [0.4, 0.5) is 5.69 Å². The Hall–Kier alpha value is -2.14. The number of ether oxygens (including phenoxy) is 1. The Morgan fingerprint density at radius 1 is 1.23 bits per heavy atom. The van der Waals surface area contributed by atoms with Gasteiger partial charge in [-0.1, -0.05) is 34.1 Å². The fourth-order valence-electron chi connectivity index (χ4n) is 2.48. The van der Waals surface area contributed by atoms with Crippen LogP contribution < -0.4 is 5.32 Å². The predicted octanol–water partition coefficient (Wildman–Crippen LogP) is 3.56. The van der Waals surface area contributed by atoms with Gasteiger partial charge in [0.15, 0.2) is 5.60 Å². The van der Waals surface area contributed by atoms with Gasteiger partial charge in [0.05, 0.1) is 5.56 Å². The minimum atomic E-state index is -1.22.